The fourth-order valence-corrected chi connectivity index (χ4v) is 3.57. The molecule has 0 unspecified atom stereocenters. The number of nitrogens with one attached hydrogen (secondary N) is 2. The van der Waals surface area contributed by atoms with Crippen molar-refractivity contribution in [2.45, 2.75) is 6.42 Å². The molecule has 0 aliphatic carbocycles. The largest absolute Gasteiger partial charge is 0.493 e. The Morgan fingerprint density at radius 1 is 0.906 bits per heavy atom. The van der Waals surface area contributed by atoms with Crippen LogP contribution in [0.5, 0.6) is 17.2 Å². The monoisotopic (exact) mass is 452 g/mol. The van der Waals surface area contributed by atoms with Crippen molar-refractivity contribution in [3.8, 4) is 17.2 Å². The highest BCUT2D eigenvalue weighted by molar-refractivity contribution is 7.92. The molecule has 3 aromatic rings. The van der Waals surface area contributed by atoms with Gasteiger partial charge >= 0.3 is 0 Å². The molecule has 0 saturated carbocycles. The number of para-hydroxylation sites is 2. The van der Waals surface area contributed by atoms with Crippen molar-refractivity contribution in [3.63, 3.8) is 0 Å². The second-order valence-corrected chi connectivity index (χ2v) is 8.38. The lowest BCUT2D eigenvalue weighted by atomic mass is 10.2. The maximum atomic E-state index is 12.1. The number of carbonyl (C=O) groups excluding carboxylic acids is 1. The van der Waals surface area contributed by atoms with E-state index < -0.39 is 10.0 Å². The number of anilines is 1. The summed E-state index contributed by atoms with van der Waals surface area (Å²) in [4.78, 5) is 12.1. The molecule has 166 valence electrons. The molecule has 7 nitrogen and oxygen atoms in total. The van der Waals surface area contributed by atoms with Gasteiger partial charge < -0.3 is 14.8 Å². The molecule has 0 heterocycles. The van der Waals surface area contributed by atoms with E-state index in [2.05, 4.69) is 10.0 Å². The first-order valence-corrected chi connectivity index (χ1v) is 11.4. The number of rotatable bonds is 10. The second-order valence-electron chi connectivity index (χ2n) is 6.73. The first kappa shape index (κ1) is 23.1. The summed E-state index contributed by atoms with van der Waals surface area (Å²) in [5, 5.41) is 3.81. The lowest BCUT2D eigenvalue weighted by Crippen LogP contribution is -2.26. The highest BCUT2D eigenvalue weighted by atomic mass is 32.2. The minimum atomic E-state index is -3.63. The van der Waals surface area contributed by atoms with Gasteiger partial charge in [0, 0.05) is 24.1 Å². The predicted octanol–water partition coefficient (Wildman–Crippen LogP) is 4.41. The predicted molar refractivity (Wildman–Crippen MR) is 125 cm³/mol. The summed E-state index contributed by atoms with van der Waals surface area (Å²) in [6.45, 7) is -0.0116. The van der Waals surface area contributed by atoms with Crippen molar-refractivity contribution in [1.29, 1.82) is 0 Å². The number of hydrogen-bond donors (Lipinski definition) is 2. The van der Waals surface area contributed by atoms with E-state index >= 15 is 0 Å². The molecule has 2 N–H and O–H groups in total. The van der Waals surface area contributed by atoms with Crippen LogP contribution in [0.1, 0.15) is 12.0 Å². The molecule has 0 spiro atoms. The van der Waals surface area contributed by atoms with Crippen LogP contribution in [0.3, 0.4) is 0 Å². The van der Waals surface area contributed by atoms with Gasteiger partial charge in [0.2, 0.25) is 15.9 Å². The SMILES string of the molecule is COc1ccccc1Oc1ccc(NC(=O)CCNS(=O)(=O)/C=C/c2ccccc2)cc1. The van der Waals surface area contributed by atoms with Crippen LogP contribution < -0.4 is 19.5 Å². The number of ether oxygens (including phenoxy) is 2. The van der Waals surface area contributed by atoms with Gasteiger partial charge in [0.1, 0.15) is 5.75 Å². The molecule has 3 rings (SSSR count). The number of sulfonamides is 1. The van der Waals surface area contributed by atoms with Crippen molar-refractivity contribution in [2.24, 2.45) is 0 Å². The lowest BCUT2D eigenvalue weighted by molar-refractivity contribution is -0.116. The molecule has 0 bridgehead atoms. The van der Waals surface area contributed by atoms with Crippen LogP contribution in [0.15, 0.2) is 84.3 Å². The van der Waals surface area contributed by atoms with E-state index in [9.17, 15) is 13.2 Å². The van der Waals surface area contributed by atoms with E-state index in [1.54, 1.807) is 55.6 Å². The third-order valence-corrected chi connectivity index (χ3v) is 5.43. The molecule has 8 heteroatoms. The highest BCUT2D eigenvalue weighted by Crippen LogP contribution is 2.31. The maximum Gasteiger partial charge on any atom is 0.233 e. The third-order valence-electron chi connectivity index (χ3n) is 4.33. The molecular formula is C24H24N2O5S. The molecule has 0 saturated heterocycles. The highest BCUT2D eigenvalue weighted by Gasteiger charge is 2.08. The minimum absolute atomic E-state index is 0.00211. The Labute approximate surface area is 187 Å². The van der Waals surface area contributed by atoms with Gasteiger partial charge in [-0.05, 0) is 48.0 Å². The van der Waals surface area contributed by atoms with Gasteiger partial charge in [-0.3, -0.25) is 4.79 Å². The van der Waals surface area contributed by atoms with Gasteiger partial charge in [0.05, 0.1) is 7.11 Å². The number of benzene rings is 3. The number of methoxy groups -OCH3 is 1. The van der Waals surface area contributed by atoms with E-state index in [0.717, 1.165) is 11.0 Å². The first-order chi connectivity index (χ1) is 15.4. The number of carbonyl (C=O) groups is 1. The molecule has 0 aliphatic heterocycles. The summed E-state index contributed by atoms with van der Waals surface area (Å²) >= 11 is 0. The summed E-state index contributed by atoms with van der Waals surface area (Å²) < 4.78 is 37.5. The Hall–Kier alpha value is -3.62. The van der Waals surface area contributed by atoms with Gasteiger partial charge in [-0.1, -0.05) is 42.5 Å². The first-order valence-electron chi connectivity index (χ1n) is 9.89. The molecule has 0 fully saturated rings. The smallest absolute Gasteiger partial charge is 0.233 e. The third kappa shape index (κ3) is 7.26. The number of hydrogen-bond acceptors (Lipinski definition) is 5. The summed E-state index contributed by atoms with van der Waals surface area (Å²) in [5.74, 6) is 1.48. The van der Waals surface area contributed by atoms with Crippen LogP contribution in [0.2, 0.25) is 0 Å². The fourth-order valence-electron chi connectivity index (χ4n) is 2.75. The second kappa shape index (κ2) is 11.1. The Balaban J connectivity index is 1.46. The van der Waals surface area contributed by atoms with Gasteiger partial charge in [0.25, 0.3) is 0 Å². The average molecular weight is 453 g/mol. The van der Waals surface area contributed by atoms with Crippen molar-refractivity contribution in [1.82, 2.24) is 4.72 Å². The van der Waals surface area contributed by atoms with E-state index in [4.69, 9.17) is 9.47 Å². The molecular weight excluding hydrogens is 428 g/mol. The van der Waals surface area contributed by atoms with E-state index in [1.807, 2.05) is 30.3 Å². The van der Waals surface area contributed by atoms with Crippen LogP contribution in [0, 0.1) is 0 Å². The van der Waals surface area contributed by atoms with Gasteiger partial charge in [0.15, 0.2) is 11.5 Å². The van der Waals surface area contributed by atoms with Crippen molar-refractivity contribution in [3.05, 3.63) is 89.8 Å². The zero-order valence-corrected chi connectivity index (χ0v) is 18.3. The van der Waals surface area contributed by atoms with E-state index in [0.29, 0.717) is 22.9 Å². The molecule has 1 amide bonds. The minimum Gasteiger partial charge on any atom is -0.493 e. The Morgan fingerprint density at radius 2 is 1.56 bits per heavy atom. The molecule has 3 aromatic carbocycles. The molecule has 0 radical (unpaired) electrons. The fraction of sp³-hybridized carbons (Fsp3) is 0.125. The van der Waals surface area contributed by atoms with Gasteiger partial charge in [-0.2, -0.15) is 0 Å². The van der Waals surface area contributed by atoms with E-state index in [-0.39, 0.29) is 18.9 Å². The Bertz CT molecular complexity index is 1160. The Morgan fingerprint density at radius 3 is 2.25 bits per heavy atom. The zero-order valence-electron chi connectivity index (χ0n) is 17.5. The van der Waals surface area contributed by atoms with Crippen molar-refractivity contribution >= 4 is 27.7 Å². The molecule has 0 aromatic heterocycles. The Kier molecular flexibility index (Phi) is 8.02. The van der Waals surface area contributed by atoms with Gasteiger partial charge in [-0.15, -0.1) is 0 Å². The van der Waals surface area contributed by atoms with Crippen molar-refractivity contribution < 1.29 is 22.7 Å². The average Bonchev–Trinajstić information content (AvgIpc) is 2.80. The summed E-state index contributed by atoms with van der Waals surface area (Å²) in [7, 11) is -2.06. The summed E-state index contributed by atoms with van der Waals surface area (Å²) in [6, 6.07) is 23.2. The summed E-state index contributed by atoms with van der Waals surface area (Å²) in [6.07, 6.45) is 1.49. The molecule has 0 aliphatic rings. The van der Waals surface area contributed by atoms with Crippen LogP contribution >= 0.6 is 0 Å². The van der Waals surface area contributed by atoms with Crippen LogP contribution in [0.4, 0.5) is 5.69 Å². The molecule has 0 atom stereocenters. The summed E-state index contributed by atoms with van der Waals surface area (Å²) in [5.41, 5.74) is 1.35. The normalized spacial score (nSPS) is 11.3. The molecule has 32 heavy (non-hydrogen) atoms. The van der Waals surface area contributed by atoms with Crippen LogP contribution in [-0.4, -0.2) is 28.0 Å². The lowest BCUT2D eigenvalue weighted by Gasteiger charge is -2.11. The van der Waals surface area contributed by atoms with Gasteiger partial charge in [-0.25, -0.2) is 13.1 Å². The van der Waals surface area contributed by atoms with Crippen LogP contribution in [0.25, 0.3) is 6.08 Å². The topological polar surface area (TPSA) is 93.7 Å². The van der Waals surface area contributed by atoms with E-state index in [1.165, 1.54) is 6.08 Å². The zero-order chi connectivity index (χ0) is 22.8. The standard InChI is InChI=1S/C24H24N2O5S/c1-30-22-9-5-6-10-23(22)31-21-13-11-20(12-14-21)26-24(27)15-17-25-32(28,29)18-16-19-7-3-2-4-8-19/h2-14,16,18,25H,15,17H2,1H3,(H,26,27)/b18-16+. The maximum absolute atomic E-state index is 12.1. The van der Waals surface area contributed by atoms with Crippen molar-refractivity contribution in [2.75, 3.05) is 19.0 Å². The quantitative estimate of drug-likeness (QED) is 0.475. The number of amides is 1. The van der Waals surface area contributed by atoms with Crippen LogP contribution in [-0.2, 0) is 14.8 Å².